The molecule has 0 bridgehead atoms. The van der Waals surface area contributed by atoms with Crippen LogP contribution in [-0.2, 0) is 14.8 Å². The molecule has 0 fully saturated rings. The predicted molar refractivity (Wildman–Crippen MR) is 106 cm³/mol. The number of hydrogen-bond acceptors (Lipinski definition) is 7. The number of aromatic nitrogens is 4. The number of methoxy groups -OCH3 is 1. The molecule has 0 spiro atoms. The first-order chi connectivity index (χ1) is 13.9. The van der Waals surface area contributed by atoms with Crippen LogP contribution in [0.15, 0.2) is 65.6 Å². The highest BCUT2D eigenvalue weighted by Gasteiger charge is 2.31. The summed E-state index contributed by atoms with van der Waals surface area (Å²) in [5.41, 5.74) is 0.486. The Morgan fingerprint density at radius 1 is 0.966 bits per heavy atom. The van der Waals surface area contributed by atoms with Crippen LogP contribution in [0.1, 0.15) is 10.6 Å². The smallest absolute Gasteiger partial charge is 0.375 e. The van der Waals surface area contributed by atoms with Gasteiger partial charge in [0, 0.05) is 5.56 Å². The highest BCUT2D eigenvalue weighted by Crippen LogP contribution is 2.28. The zero-order chi connectivity index (χ0) is 20.6. The summed E-state index contributed by atoms with van der Waals surface area (Å²) < 4.78 is 32.1. The summed E-state index contributed by atoms with van der Waals surface area (Å²) in [5.74, 6) is -1.21. The molecule has 0 radical (unpaired) electrons. The fourth-order valence-electron chi connectivity index (χ4n) is 2.77. The maximum absolute atomic E-state index is 13.3. The Balaban J connectivity index is 2.08. The van der Waals surface area contributed by atoms with Gasteiger partial charge in [-0.1, -0.05) is 60.1 Å². The largest absolute Gasteiger partial charge is 0.463 e. The average Bonchev–Trinajstić information content (AvgIpc) is 3.15. The molecule has 2 aromatic carbocycles. The standard InChI is InChI=1S/C19H13ClN4O4S/c1-28-19(25)18-21-14-15(20)22-16(12-8-4-2-5-9-12)23-17(14)24(18)29(26,27)13-10-6-3-7-11-13/h2-11H,1H3. The third-order valence-electron chi connectivity index (χ3n) is 4.11. The topological polar surface area (TPSA) is 104 Å². The van der Waals surface area contributed by atoms with Crippen molar-refractivity contribution in [3.8, 4) is 11.4 Å². The van der Waals surface area contributed by atoms with Gasteiger partial charge in [0.1, 0.15) is 5.52 Å². The van der Waals surface area contributed by atoms with Crippen LogP contribution in [0.5, 0.6) is 0 Å². The summed E-state index contributed by atoms with van der Waals surface area (Å²) in [5, 5.41) is -0.0824. The van der Waals surface area contributed by atoms with Crippen LogP contribution >= 0.6 is 11.6 Å². The van der Waals surface area contributed by atoms with Gasteiger partial charge in [0.25, 0.3) is 10.0 Å². The van der Waals surface area contributed by atoms with Gasteiger partial charge in [0.2, 0.25) is 5.82 Å². The van der Waals surface area contributed by atoms with Gasteiger partial charge in [0.05, 0.1) is 12.0 Å². The molecule has 0 unspecified atom stereocenters. The number of benzene rings is 2. The van der Waals surface area contributed by atoms with E-state index >= 15 is 0 Å². The van der Waals surface area contributed by atoms with Crippen LogP contribution < -0.4 is 0 Å². The van der Waals surface area contributed by atoms with E-state index in [0.717, 1.165) is 11.1 Å². The number of esters is 1. The number of rotatable bonds is 4. The van der Waals surface area contributed by atoms with Crippen molar-refractivity contribution in [1.29, 1.82) is 0 Å². The maximum Gasteiger partial charge on any atom is 0.375 e. The Morgan fingerprint density at radius 2 is 1.59 bits per heavy atom. The van der Waals surface area contributed by atoms with Crippen molar-refractivity contribution < 1.29 is 17.9 Å². The SMILES string of the molecule is COC(=O)c1nc2c(Cl)nc(-c3ccccc3)nc2n1S(=O)(=O)c1ccccc1. The van der Waals surface area contributed by atoms with Crippen molar-refractivity contribution in [3.63, 3.8) is 0 Å². The van der Waals surface area contributed by atoms with Crippen LogP contribution in [-0.4, -0.2) is 40.4 Å². The summed E-state index contributed by atoms with van der Waals surface area (Å²) in [7, 11) is -3.09. The molecule has 4 aromatic rings. The second kappa shape index (κ2) is 7.26. The van der Waals surface area contributed by atoms with E-state index in [4.69, 9.17) is 16.3 Å². The number of halogens is 1. The van der Waals surface area contributed by atoms with E-state index in [1.165, 1.54) is 12.1 Å². The Bertz CT molecular complexity index is 1320. The van der Waals surface area contributed by atoms with E-state index in [-0.39, 0.29) is 27.0 Å². The molecule has 0 saturated carbocycles. The van der Waals surface area contributed by atoms with E-state index in [9.17, 15) is 13.2 Å². The second-order valence-electron chi connectivity index (χ2n) is 5.89. The lowest BCUT2D eigenvalue weighted by atomic mass is 10.2. The maximum atomic E-state index is 13.3. The van der Waals surface area contributed by atoms with Crippen LogP contribution in [0.25, 0.3) is 22.6 Å². The molecule has 0 saturated heterocycles. The van der Waals surface area contributed by atoms with Crippen molar-refractivity contribution >= 4 is 38.8 Å². The first-order valence-corrected chi connectivity index (χ1v) is 10.2. The zero-order valence-electron chi connectivity index (χ0n) is 15.0. The van der Waals surface area contributed by atoms with Crippen molar-refractivity contribution in [2.45, 2.75) is 4.90 Å². The van der Waals surface area contributed by atoms with Crippen molar-refractivity contribution in [2.75, 3.05) is 7.11 Å². The Hall–Kier alpha value is -3.30. The third kappa shape index (κ3) is 3.24. The number of ether oxygens (including phenoxy) is 1. The van der Waals surface area contributed by atoms with E-state index in [0.29, 0.717) is 5.56 Å². The van der Waals surface area contributed by atoms with Gasteiger partial charge in [-0.25, -0.2) is 28.2 Å². The molecule has 0 atom stereocenters. The first-order valence-electron chi connectivity index (χ1n) is 8.34. The van der Waals surface area contributed by atoms with Crippen molar-refractivity contribution in [3.05, 3.63) is 71.6 Å². The molecular weight excluding hydrogens is 416 g/mol. The number of imidazole rings is 1. The molecule has 4 rings (SSSR count). The number of nitrogens with zero attached hydrogens (tertiary/aromatic N) is 4. The minimum Gasteiger partial charge on any atom is -0.463 e. The Kier molecular flexibility index (Phi) is 4.77. The molecule has 0 N–H and O–H groups in total. The Labute approximate surface area is 170 Å². The minimum absolute atomic E-state index is 0.0220. The molecule has 2 heterocycles. The summed E-state index contributed by atoms with van der Waals surface area (Å²) in [6.45, 7) is 0. The van der Waals surface area contributed by atoms with Gasteiger partial charge in [-0.05, 0) is 12.1 Å². The Morgan fingerprint density at radius 3 is 2.21 bits per heavy atom. The quantitative estimate of drug-likeness (QED) is 0.363. The number of hydrogen-bond donors (Lipinski definition) is 0. The molecule has 0 aliphatic carbocycles. The molecule has 0 aliphatic heterocycles. The fraction of sp³-hybridized carbons (Fsp3) is 0.0526. The van der Waals surface area contributed by atoms with Gasteiger partial charge in [-0.2, -0.15) is 3.97 Å². The van der Waals surface area contributed by atoms with E-state index in [1.807, 2.05) is 6.07 Å². The van der Waals surface area contributed by atoms with E-state index in [1.54, 1.807) is 42.5 Å². The lowest BCUT2D eigenvalue weighted by Gasteiger charge is -2.09. The van der Waals surface area contributed by atoms with Gasteiger partial charge in [-0.3, -0.25) is 0 Å². The molecule has 0 amide bonds. The van der Waals surface area contributed by atoms with Crippen LogP contribution in [0.2, 0.25) is 5.15 Å². The van der Waals surface area contributed by atoms with Gasteiger partial charge in [0.15, 0.2) is 16.6 Å². The number of carbonyl (C=O) groups is 1. The molecule has 2 aromatic heterocycles. The molecule has 146 valence electrons. The minimum atomic E-state index is -4.22. The predicted octanol–water partition coefficient (Wildman–Crippen LogP) is 3.17. The molecule has 8 nitrogen and oxygen atoms in total. The monoisotopic (exact) mass is 428 g/mol. The molecule has 0 aliphatic rings. The van der Waals surface area contributed by atoms with Crippen LogP contribution in [0.4, 0.5) is 0 Å². The van der Waals surface area contributed by atoms with Crippen molar-refractivity contribution in [1.82, 2.24) is 18.9 Å². The summed E-state index contributed by atoms with van der Waals surface area (Å²) in [6, 6.07) is 16.5. The lowest BCUT2D eigenvalue weighted by Crippen LogP contribution is -2.20. The van der Waals surface area contributed by atoms with Gasteiger partial charge in [-0.15, -0.1) is 0 Å². The lowest BCUT2D eigenvalue weighted by molar-refractivity contribution is 0.0586. The average molecular weight is 429 g/mol. The molecular formula is C19H13ClN4O4S. The highest BCUT2D eigenvalue weighted by molar-refractivity contribution is 7.90. The zero-order valence-corrected chi connectivity index (χ0v) is 16.6. The van der Waals surface area contributed by atoms with Crippen LogP contribution in [0, 0.1) is 0 Å². The van der Waals surface area contributed by atoms with Crippen LogP contribution in [0.3, 0.4) is 0 Å². The van der Waals surface area contributed by atoms with Gasteiger partial charge >= 0.3 is 5.97 Å². The number of fused-ring (bicyclic) bond motifs is 1. The normalized spacial score (nSPS) is 11.5. The summed E-state index contributed by atoms with van der Waals surface area (Å²) >= 11 is 6.27. The number of carbonyl (C=O) groups excluding carboxylic acids is 1. The van der Waals surface area contributed by atoms with E-state index < -0.39 is 21.8 Å². The molecule has 10 heteroatoms. The fourth-order valence-corrected chi connectivity index (χ4v) is 4.38. The third-order valence-corrected chi connectivity index (χ3v) is 6.06. The van der Waals surface area contributed by atoms with Gasteiger partial charge < -0.3 is 4.74 Å². The first kappa shape index (κ1) is 19.0. The highest BCUT2D eigenvalue weighted by atomic mass is 35.5. The molecule has 29 heavy (non-hydrogen) atoms. The van der Waals surface area contributed by atoms with Crippen molar-refractivity contribution in [2.24, 2.45) is 0 Å². The summed E-state index contributed by atoms with van der Waals surface area (Å²) in [6.07, 6.45) is 0. The summed E-state index contributed by atoms with van der Waals surface area (Å²) in [4.78, 5) is 24.9. The van der Waals surface area contributed by atoms with E-state index in [2.05, 4.69) is 15.0 Å². The second-order valence-corrected chi connectivity index (χ2v) is 8.03.